The second-order valence-electron chi connectivity index (χ2n) is 6.07. The molecule has 5 nitrogen and oxygen atoms in total. The van der Waals surface area contributed by atoms with Crippen molar-refractivity contribution in [1.29, 1.82) is 0 Å². The van der Waals surface area contributed by atoms with Gasteiger partial charge in [0.1, 0.15) is 12.1 Å². The Morgan fingerprint density at radius 2 is 1.52 bits per heavy atom. The van der Waals surface area contributed by atoms with E-state index in [1.807, 2.05) is 48.5 Å². The van der Waals surface area contributed by atoms with Gasteiger partial charge in [0.15, 0.2) is 11.5 Å². The first kappa shape index (κ1) is 16.8. The number of hydrogen-bond donors (Lipinski definition) is 1. The molecule has 4 aromatic rings. The van der Waals surface area contributed by atoms with Crippen LogP contribution in [-0.4, -0.2) is 29.3 Å². The molecule has 0 radical (unpaired) electrons. The van der Waals surface area contributed by atoms with Crippen LogP contribution in [-0.2, 0) is 0 Å². The molecule has 134 valence electrons. The van der Waals surface area contributed by atoms with Crippen molar-refractivity contribution in [2.24, 2.45) is 0 Å². The second kappa shape index (κ2) is 6.96. The maximum absolute atomic E-state index is 9.78. The van der Waals surface area contributed by atoms with E-state index in [4.69, 9.17) is 9.47 Å². The summed E-state index contributed by atoms with van der Waals surface area (Å²) in [7, 11) is 3.22. The summed E-state index contributed by atoms with van der Waals surface area (Å²) in [5, 5.41) is 10.7. The average Bonchev–Trinajstić information content (AvgIpc) is 2.72. The normalized spacial score (nSPS) is 10.7. The third-order valence-electron chi connectivity index (χ3n) is 4.47. The van der Waals surface area contributed by atoms with Gasteiger partial charge in [-0.3, -0.25) is 0 Å². The molecule has 1 aromatic heterocycles. The van der Waals surface area contributed by atoms with Crippen LogP contribution in [0.1, 0.15) is 0 Å². The lowest BCUT2D eigenvalue weighted by Crippen LogP contribution is -1.93. The van der Waals surface area contributed by atoms with Gasteiger partial charge in [-0.25, -0.2) is 9.97 Å². The first-order valence-electron chi connectivity index (χ1n) is 8.46. The van der Waals surface area contributed by atoms with Gasteiger partial charge in [0.25, 0.3) is 0 Å². The Kier molecular flexibility index (Phi) is 4.34. The number of phenols is 1. The molecule has 27 heavy (non-hydrogen) atoms. The van der Waals surface area contributed by atoms with Gasteiger partial charge < -0.3 is 14.6 Å². The molecule has 0 spiro atoms. The molecule has 1 heterocycles. The fraction of sp³-hybridized carbons (Fsp3) is 0.0909. The molecule has 0 atom stereocenters. The van der Waals surface area contributed by atoms with Gasteiger partial charge in [-0.2, -0.15) is 0 Å². The monoisotopic (exact) mass is 358 g/mol. The second-order valence-corrected chi connectivity index (χ2v) is 6.07. The minimum absolute atomic E-state index is 0.233. The number of aromatic nitrogens is 2. The summed E-state index contributed by atoms with van der Waals surface area (Å²) < 4.78 is 10.7. The van der Waals surface area contributed by atoms with Crippen LogP contribution in [0.15, 0.2) is 67.0 Å². The van der Waals surface area contributed by atoms with Crippen molar-refractivity contribution < 1.29 is 14.6 Å². The third kappa shape index (κ3) is 3.15. The van der Waals surface area contributed by atoms with Crippen molar-refractivity contribution in [2.45, 2.75) is 0 Å². The van der Waals surface area contributed by atoms with Gasteiger partial charge in [-0.15, -0.1) is 0 Å². The van der Waals surface area contributed by atoms with Crippen LogP contribution in [0.5, 0.6) is 17.2 Å². The van der Waals surface area contributed by atoms with Gasteiger partial charge in [0, 0.05) is 10.9 Å². The Morgan fingerprint density at radius 3 is 2.30 bits per heavy atom. The Hall–Kier alpha value is -3.60. The van der Waals surface area contributed by atoms with Crippen molar-refractivity contribution in [1.82, 2.24) is 9.97 Å². The van der Waals surface area contributed by atoms with Crippen LogP contribution in [0.2, 0.25) is 0 Å². The fourth-order valence-electron chi connectivity index (χ4n) is 3.14. The van der Waals surface area contributed by atoms with E-state index in [1.54, 1.807) is 32.7 Å². The number of nitrogens with zero attached hydrogens (tertiary/aromatic N) is 2. The molecule has 0 aliphatic rings. The van der Waals surface area contributed by atoms with E-state index in [-0.39, 0.29) is 5.75 Å². The number of ether oxygens (including phenoxy) is 2. The zero-order chi connectivity index (χ0) is 18.8. The number of rotatable bonds is 4. The highest BCUT2D eigenvalue weighted by Crippen LogP contribution is 2.35. The van der Waals surface area contributed by atoms with Gasteiger partial charge in [-0.05, 0) is 53.6 Å². The average molecular weight is 358 g/mol. The van der Waals surface area contributed by atoms with Crippen LogP contribution < -0.4 is 9.47 Å². The lowest BCUT2D eigenvalue weighted by Gasteiger charge is -2.11. The van der Waals surface area contributed by atoms with E-state index in [2.05, 4.69) is 9.97 Å². The minimum Gasteiger partial charge on any atom is -0.508 e. The van der Waals surface area contributed by atoms with Gasteiger partial charge in [-0.1, -0.05) is 18.2 Å². The van der Waals surface area contributed by atoms with E-state index in [0.717, 1.165) is 33.3 Å². The summed E-state index contributed by atoms with van der Waals surface area (Å²) in [4.78, 5) is 8.88. The molecule has 1 N–H and O–H groups in total. The van der Waals surface area contributed by atoms with Crippen LogP contribution in [0.4, 0.5) is 0 Å². The van der Waals surface area contributed by atoms with Crippen molar-refractivity contribution >= 4 is 10.9 Å². The highest BCUT2D eigenvalue weighted by molar-refractivity contribution is 5.95. The summed E-state index contributed by atoms with van der Waals surface area (Å²) in [5.41, 5.74) is 4.48. The van der Waals surface area contributed by atoms with Crippen molar-refractivity contribution in [3.8, 4) is 39.6 Å². The Bertz CT molecular complexity index is 1130. The quantitative estimate of drug-likeness (QED) is 0.573. The largest absolute Gasteiger partial charge is 0.508 e. The first-order chi connectivity index (χ1) is 13.2. The summed E-state index contributed by atoms with van der Waals surface area (Å²) in [6, 6.07) is 18.9. The fourth-order valence-corrected chi connectivity index (χ4v) is 3.14. The molecule has 0 amide bonds. The standard InChI is InChI=1S/C22H18N2O3/c1-26-20-9-7-16(12-21(20)27-2)22-18-11-15(6-8-19(18)23-13-24-22)14-4-3-5-17(25)10-14/h3-13,25H,1-2H3. The predicted molar refractivity (Wildman–Crippen MR) is 105 cm³/mol. The van der Waals surface area contributed by atoms with Gasteiger partial charge in [0.05, 0.1) is 25.4 Å². The van der Waals surface area contributed by atoms with Gasteiger partial charge in [0.2, 0.25) is 0 Å². The van der Waals surface area contributed by atoms with Crippen molar-refractivity contribution in [3.63, 3.8) is 0 Å². The Balaban J connectivity index is 1.90. The summed E-state index contributed by atoms with van der Waals surface area (Å²) in [6.07, 6.45) is 1.56. The smallest absolute Gasteiger partial charge is 0.161 e. The van der Waals surface area contributed by atoms with Crippen LogP contribution in [0.25, 0.3) is 33.3 Å². The van der Waals surface area contributed by atoms with E-state index >= 15 is 0 Å². The lowest BCUT2D eigenvalue weighted by atomic mass is 10.00. The molecular weight excluding hydrogens is 340 g/mol. The molecule has 0 aliphatic carbocycles. The van der Waals surface area contributed by atoms with Gasteiger partial charge >= 0.3 is 0 Å². The Morgan fingerprint density at radius 1 is 0.741 bits per heavy atom. The number of fused-ring (bicyclic) bond motifs is 1. The molecule has 5 heteroatoms. The van der Waals surface area contributed by atoms with E-state index in [0.29, 0.717) is 11.5 Å². The SMILES string of the molecule is COc1ccc(-c2ncnc3ccc(-c4cccc(O)c4)cc23)cc1OC. The minimum atomic E-state index is 0.233. The zero-order valence-electron chi connectivity index (χ0n) is 15.0. The first-order valence-corrected chi connectivity index (χ1v) is 8.46. The number of phenolic OH excluding ortho intramolecular Hbond substituents is 1. The molecule has 3 aromatic carbocycles. The molecule has 0 aliphatic heterocycles. The van der Waals surface area contributed by atoms with E-state index in [1.165, 1.54) is 0 Å². The number of aromatic hydroxyl groups is 1. The molecule has 0 fully saturated rings. The maximum atomic E-state index is 9.78. The molecule has 0 unspecified atom stereocenters. The molecule has 4 rings (SSSR count). The number of benzene rings is 3. The molecule has 0 bridgehead atoms. The van der Waals surface area contributed by atoms with Crippen LogP contribution in [0.3, 0.4) is 0 Å². The van der Waals surface area contributed by atoms with Crippen molar-refractivity contribution in [3.05, 3.63) is 67.0 Å². The Labute approximate surface area is 156 Å². The summed E-state index contributed by atoms with van der Waals surface area (Å²) in [5.74, 6) is 1.54. The van der Waals surface area contributed by atoms with Crippen molar-refractivity contribution in [2.75, 3.05) is 14.2 Å². The topological polar surface area (TPSA) is 64.5 Å². The predicted octanol–water partition coefficient (Wildman–Crippen LogP) is 4.69. The lowest BCUT2D eigenvalue weighted by molar-refractivity contribution is 0.355. The molecule has 0 saturated heterocycles. The third-order valence-corrected chi connectivity index (χ3v) is 4.47. The molecule has 0 saturated carbocycles. The number of methoxy groups -OCH3 is 2. The summed E-state index contributed by atoms with van der Waals surface area (Å²) in [6.45, 7) is 0. The van der Waals surface area contributed by atoms with Crippen LogP contribution in [0, 0.1) is 0 Å². The van der Waals surface area contributed by atoms with E-state index in [9.17, 15) is 5.11 Å². The van der Waals surface area contributed by atoms with Crippen LogP contribution >= 0.6 is 0 Å². The zero-order valence-corrected chi connectivity index (χ0v) is 15.0. The highest BCUT2D eigenvalue weighted by Gasteiger charge is 2.12. The summed E-state index contributed by atoms with van der Waals surface area (Å²) >= 11 is 0. The molecular formula is C22H18N2O3. The van der Waals surface area contributed by atoms with E-state index < -0.39 is 0 Å². The maximum Gasteiger partial charge on any atom is 0.161 e. The number of hydrogen-bond acceptors (Lipinski definition) is 5. The highest BCUT2D eigenvalue weighted by atomic mass is 16.5.